The molecule has 0 aliphatic rings. The lowest BCUT2D eigenvalue weighted by molar-refractivity contribution is 0.317. The van der Waals surface area contributed by atoms with Gasteiger partial charge in [0.05, 0.1) is 19.0 Å². The van der Waals surface area contributed by atoms with Gasteiger partial charge in [0.25, 0.3) is 0 Å². The molecule has 0 fully saturated rings. The van der Waals surface area contributed by atoms with Gasteiger partial charge in [0.1, 0.15) is 11.5 Å². The number of benzene rings is 1. The summed E-state index contributed by atoms with van der Waals surface area (Å²) in [6, 6.07) is 7.33. The molecule has 0 atom stereocenters. The maximum absolute atomic E-state index is 5.72. The lowest BCUT2D eigenvalue weighted by Crippen LogP contribution is -1.94. The average molecular weight is 265 g/mol. The lowest BCUT2D eigenvalue weighted by Gasteiger charge is -2.07. The summed E-state index contributed by atoms with van der Waals surface area (Å²) in [5.74, 6) is 1.85. The Balaban J connectivity index is 2.02. The summed E-state index contributed by atoms with van der Waals surface area (Å²) in [6.45, 7) is 2.77. The predicted octanol–water partition coefficient (Wildman–Crippen LogP) is 3.71. The van der Waals surface area contributed by atoms with Crippen LogP contribution in [0.25, 0.3) is 0 Å². The summed E-state index contributed by atoms with van der Waals surface area (Å²) < 4.78 is 11.0. The van der Waals surface area contributed by atoms with Crippen molar-refractivity contribution in [3.63, 3.8) is 0 Å². The normalized spacial score (nSPS) is 10.1. The second-order valence-electron chi connectivity index (χ2n) is 3.60. The predicted molar refractivity (Wildman–Crippen MR) is 69.3 cm³/mol. The Bertz CT molecular complexity index is 503. The third-order valence-corrected chi connectivity index (χ3v) is 2.28. The molecule has 4 nitrogen and oxygen atoms in total. The number of hydrogen-bond donors (Lipinski definition) is 0. The first-order valence-corrected chi connectivity index (χ1v) is 6.04. The Morgan fingerprint density at radius 3 is 2.50 bits per heavy atom. The minimum atomic E-state index is 0.301. The van der Waals surface area contributed by atoms with Crippen molar-refractivity contribution in [3.8, 4) is 17.4 Å². The highest BCUT2D eigenvalue weighted by Crippen LogP contribution is 2.22. The molecule has 0 unspecified atom stereocenters. The van der Waals surface area contributed by atoms with Crippen LogP contribution in [0.5, 0.6) is 17.4 Å². The molecule has 0 radical (unpaired) electrons. The molecule has 0 aliphatic carbocycles. The van der Waals surface area contributed by atoms with E-state index in [9.17, 15) is 0 Å². The van der Waals surface area contributed by atoms with Gasteiger partial charge in [0, 0.05) is 0 Å². The number of rotatable bonds is 5. The summed E-state index contributed by atoms with van der Waals surface area (Å²) in [6.07, 6.45) is 3.94. The lowest BCUT2D eigenvalue weighted by atomic mass is 10.3. The molecule has 2 aromatic rings. The zero-order valence-corrected chi connectivity index (χ0v) is 10.7. The molecule has 2 rings (SSSR count). The number of halogens is 1. The summed E-state index contributed by atoms with van der Waals surface area (Å²) in [4.78, 5) is 7.88. The number of ether oxygens (including phenoxy) is 2. The summed E-state index contributed by atoms with van der Waals surface area (Å²) in [7, 11) is 0. The van der Waals surface area contributed by atoms with E-state index in [4.69, 9.17) is 21.1 Å². The van der Waals surface area contributed by atoms with E-state index in [2.05, 4.69) is 16.9 Å². The van der Waals surface area contributed by atoms with Crippen molar-refractivity contribution in [2.45, 2.75) is 13.3 Å². The van der Waals surface area contributed by atoms with Gasteiger partial charge in [0.2, 0.25) is 5.88 Å². The van der Waals surface area contributed by atoms with Crippen molar-refractivity contribution in [1.29, 1.82) is 0 Å². The van der Waals surface area contributed by atoms with E-state index in [1.807, 2.05) is 24.3 Å². The average Bonchev–Trinajstić information content (AvgIpc) is 2.38. The standard InChI is InChI=1S/C13H13ClN2O2/c1-2-7-17-10-3-5-11(6-4-10)18-13-9-15-8-12(14)16-13/h3-6,8-9H,2,7H2,1H3. The first-order valence-electron chi connectivity index (χ1n) is 5.66. The van der Waals surface area contributed by atoms with Crippen LogP contribution in [0.3, 0.4) is 0 Å². The minimum absolute atomic E-state index is 0.301. The first kappa shape index (κ1) is 12.6. The molecule has 1 heterocycles. The summed E-state index contributed by atoms with van der Waals surface area (Å²) in [5.41, 5.74) is 0. The maximum atomic E-state index is 5.72. The van der Waals surface area contributed by atoms with E-state index < -0.39 is 0 Å². The fraction of sp³-hybridized carbons (Fsp3) is 0.231. The molecule has 0 N–H and O–H groups in total. The van der Waals surface area contributed by atoms with Crippen LogP contribution in [0.4, 0.5) is 0 Å². The van der Waals surface area contributed by atoms with Crippen LogP contribution < -0.4 is 9.47 Å². The van der Waals surface area contributed by atoms with Gasteiger partial charge in [-0.05, 0) is 30.7 Å². The minimum Gasteiger partial charge on any atom is -0.494 e. The molecule has 0 saturated heterocycles. The van der Waals surface area contributed by atoms with Crippen LogP contribution in [-0.4, -0.2) is 16.6 Å². The fourth-order valence-electron chi connectivity index (χ4n) is 1.32. The molecule has 0 aliphatic heterocycles. The van der Waals surface area contributed by atoms with Crippen molar-refractivity contribution in [2.75, 3.05) is 6.61 Å². The van der Waals surface area contributed by atoms with Gasteiger partial charge in [-0.1, -0.05) is 18.5 Å². The SMILES string of the molecule is CCCOc1ccc(Oc2cncc(Cl)n2)cc1. The molecule has 5 heteroatoms. The smallest absolute Gasteiger partial charge is 0.239 e. The molecule has 0 bridgehead atoms. The first-order chi connectivity index (χ1) is 8.78. The van der Waals surface area contributed by atoms with E-state index in [1.165, 1.54) is 12.4 Å². The van der Waals surface area contributed by atoms with E-state index in [1.54, 1.807) is 0 Å². The number of hydrogen-bond acceptors (Lipinski definition) is 4. The molecular formula is C13H13ClN2O2. The highest BCUT2D eigenvalue weighted by atomic mass is 35.5. The van der Waals surface area contributed by atoms with E-state index in [0.29, 0.717) is 23.4 Å². The highest BCUT2D eigenvalue weighted by molar-refractivity contribution is 6.29. The van der Waals surface area contributed by atoms with Gasteiger partial charge in [-0.2, -0.15) is 4.98 Å². The van der Waals surface area contributed by atoms with E-state index in [-0.39, 0.29) is 0 Å². The van der Waals surface area contributed by atoms with Crippen molar-refractivity contribution in [3.05, 3.63) is 41.8 Å². The molecule has 0 spiro atoms. The summed E-state index contributed by atoms with van der Waals surface area (Å²) >= 11 is 5.72. The van der Waals surface area contributed by atoms with Crippen LogP contribution in [0.15, 0.2) is 36.7 Å². The Morgan fingerprint density at radius 2 is 1.83 bits per heavy atom. The third-order valence-electron chi connectivity index (χ3n) is 2.10. The molecule has 1 aromatic carbocycles. The molecule has 18 heavy (non-hydrogen) atoms. The van der Waals surface area contributed by atoms with Crippen LogP contribution in [0.2, 0.25) is 5.15 Å². The van der Waals surface area contributed by atoms with Gasteiger partial charge in [-0.25, -0.2) is 0 Å². The quantitative estimate of drug-likeness (QED) is 0.826. The zero-order valence-electron chi connectivity index (χ0n) is 9.97. The van der Waals surface area contributed by atoms with Crippen LogP contribution >= 0.6 is 11.6 Å². The van der Waals surface area contributed by atoms with Crippen LogP contribution in [-0.2, 0) is 0 Å². The van der Waals surface area contributed by atoms with Crippen molar-refractivity contribution in [2.24, 2.45) is 0 Å². The van der Waals surface area contributed by atoms with Gasteiger partial charge in [0.15, 0.2) is 5.15 Å². The molecule has 0 amide bonds. The Labute approximate surface area is 111 Å². The molecule has 1 aromatic heterocycles. The third kappa shape index (κ3) is 3.60. The van der Waals surface area contributed by atoms with Crippen LogP contribution in [0, 0.1) is 0 Å². The topological polar surface area (TPSA) is 44.2 Å². The van der Waals surface area contributed by atoms with Gasteiger partial charge >= 0.3 is 0 Å². The second kappa shape index (κ2) is 6.21. The Kier molecular flexibility index (Phi) is 4.36. The van der Waals surface area contributed by atoms with Gasteiger partial charge in [-0.3, -0.25) is 4.98 Å². The number of nitrogens with zero attached hydrogens (tertiary/aromatic N) is 2. The van der Waals surface area contributed by atoms with Gasteiger partial charge < -0.3 is 9.47 Å². The van der Waals surface area contributed by atoms with Gasteiger partial charge in [-0.15, -0.1) is 0 Å². The van der Waals surface area contributed by atoms with E-state index >= 15 is 0 Å². The molecule has 94 valence electrons. The molecular weight excluding hydrogens is 252 g/mol. The van der Waals surface area contributed by atoms with E-state index in [0.717, 1.165) is 12.2 Å². The summed E-state index contributed by atoms with van der Waals surface area (Å²) in [5, 5.41) is 0.301. The fourth-order valence-corrected chi connectivity index (χ4v) is 1.46. The molecule has 0 saturated carbocycles. The monoisotopic (exact) mass is 264 g/mol. The second-order valence-corrected chi connectivity index (χ2v) is 3.99. The van der Waals surface area contributed by atoms with Crippen molar-refractivity contribution >= 4 is 11.6 Å². The Morgan fingerprint density at radius 1 is 1.11 bits per heavy atom. The number of aromatic nitrogens is 2. The Hall–Kier alpha value is -1.81. The van der Waals surface area contributed by atoms with Crippen molar-refractivity contribution in [1.82, 2.24) is 9.97 Å². The largest absolute Gasteiger partial charge is 0.494 e. The van der Waals surface area contributed by atoms with Crippen molar-refractivity contribution < 1.29 is 9.47 Å². The maximum Gasteiger partial charge on any atom is 0.239 e. The van der Waals surface area contributed by atoms with Crippen LogP contribution in [0.1, 0.15) is 13.3 Å². The highest BCUT2D eigenvalue weighted by Gasteiger charge is 2.01. The zero-order chi connectivity index (χ0) is 12.8.